The van der Waals surface area contributed by atoms with Gasteiger partial charge in [0.2, 0.25) is 11.8 Å². The first-order valence-corrected chi connectivity index (χ1v) is 8.66. The zero-order chi connectivity index (χ0) is 17.6. The number of aromatic nitrogens is 1. The van der Waals surface area contributed by atoms with Gasteiger partial charge in [0.15, 0.2) is 0 Å². The van der Waals surface area contributed by atoms with Crippen LogP contribution in [0.4, 0.5) is 0 Å². The van der Waals surface area contributed by atoms with Gasteiger partial charge in [-0.15, -0.1) is 0 Å². The third kappa shape index (κ3) is 4.44. The molecule has 5 nitrogen and oxygen atoms in total. The second-order valence-electron chi connectivity index (χ2n) is 6.46. The molecule has 1 aromatic carbocycles. The Labute approximate surface area is 148 Å². The highest BCUT2D eigenvalue weighted by Crippen LogP contribution is 2.20. The summed E-state index contributed by atoms with van der Waals surface area (Å²) in [6.07, 6.45) is 2.81. The molecule has 2 atom stereocenters. The Balaban J connectivity index is 1.52. The lowest BCUT2D eigenvalue weighted by molar-refractivity contribution is -0.129. The SMILES string of the molecule is C[C@H](NC(=O)[C@H]1CC(=O)N(CCc2ccccc2)C1)c1ccccn1. The summed E-state index contributed by atoms with van der Waals surface area (Å²) in [7, 11) is 0. The van der Waals surface area contributed by atoms with Gasteiger partial charge in [0.05, 0.1) is 17.7 Å². The highest BCUT2D eigenvalue weighted by Gasteiger charge is 2.34. The van der Waals surface area contributed by atoms with Crippen molar-refractivity contribution in [1.82, 2.24) is 15.2 Å². The molecule has 0 radical (unpaired) electrons. The summed E-state index contributed by atoms with van der Waals surface area (Å²) in [6, 6.07) is 15.5. The fourth-order valence-corrected chi connectivity index (χ4v) is 3.11. The Morgan fingerprint density at radius 1 is 1.24 bits per heavy atom. The van der Waals surface area contributed by atoms with Crippen LogP contribution in [0.2, 0.25) is 0 Å². The van der Waals surface area contributed by atoms with E-state index in [1.807, 2.05) is 43.3 Å². The maximum Gasteiger partial charge on any atom is 0.225 e. The van der Waals surface area contributed by atoms with Gasteiger partial charge in [0, 0.05) is 25.7 Å². The Hall–Kier alpha value is -2.69. The van der Waals surface area contributed by atoms with E-state index in [9.17, 15) is 9.59 Å². The summed E-state index contributed by atoms with van der Waals surface area (Å²) in [6.45, 7) is 3.05. The van der Waals surface area contributed by atoms with Gasteiger partial charge in [-0.25, -0.2) is 0 Å². The highest BCUT2D eigenvalue weighted by molar-refractivity contribution is 5.89. The van der Waals surface area contributed by atoms with Gasteiger partial charge < -0.3 is 10.2 Å². The third-order valence-electron chi connectivity index (χ3n) is 4.59. The van der Waals surface area contributed by atoms with E-state index in [0.29, 0.717) is 13.1 Å². The molecule has 1 aromatic heterocycles. The van der Waals surface area contributed by atoms with E-state index < -0.39 is 0 Å². The number of carbonyl (C=O) groups excluding carboxylic acids is 2. The summed E-state index contributed by atoms with van der Waals surface area (Å²) in [5.74, 6) is -0.301. The highest BCUT2D eigenvalue weighted by atomic mass is 16.2. The number of hydrogen-bond donors (Lipinski definition) is 1. The molecule has 1 N–H and O–H groups in total. The Kier molecular flexibility index (Phi) is 5.43. The lowest BCUT2D eigenvalue weighted by atomic mass is 10.1. The molecule has 130 valence electrons. The minimum absolute atomic E-state index is 0.0570. The molecule has 0 saturated carbocycles. The third-order valence-corrected chi connectivity index (χ3v) is 4.59. The van der Waals surface area contributed by atoms with Gasteiger partial charge >= 0.3 is 0 Å². The Morgan fingerprint density at radius 2 is 2.00 bits per heavy atom. The monoisotopic (exact) mass is 337 g/mol. The molecule has 2 heterocycles. The first-order valence-electron chi connectivity index (χ1n) is 8.66. The fourth-order valence-electron chi connectivity index (χ4n) is 3.11. The second kappa shape index (κ2) is 7.92. The van der Waals surface area contributed by atoms with Gasteiger partial charge in [-0.1, -0.05) is 36.4 Å². The average Bonchev–Trinajstić information content (AvgIpc) is 3.02. The van der Waals surface area contributed by atoms with E-state index in [2.05, 4.69) is 22.4 Å². The van der Waals surface area contributed by atoms with Crippen LogP contribution in [0.25, 0.3) is 0 Å². The summed E-state index contributed by atoms with van der Waals surface area (Å²) in [4.78, 5) is 30.7. The molecular formula is C20H23N3O2. The standard InChI is InChI=1S/C20H23N3O2/c1-15(18-9-5-6-11-21-18)22-20(25)17-13-19(24)23(14-17)12-10-16-7-3-2-4-8-16/h2-9,11,15,17H,10,12-14H2,1H3,(H,22,25)/t15-,17-/m0/s1. The molecule has 2 aromatic rings. The predicted octanol–water partition coefficient (Wildman–Crippen LogP) is 2.35. The predicted molar refractivity (Wildman–Crippen MR) is 95.6 cm³/mol. The van der Waals surface area contributed by atoms with Crippen LogP contribution >= 0.6 is 0 Å². The van der Waals surface area contributed by atoms with E-state index >= 15 is 0 Å². The van der Waals surface area contributed by atoms with Crippen LogP contribution in [0.3, 0.4) is 0 Å². The van der Waals surface area contributed by atoms with E-state index in [1.54, 1.807) is 11.1 Å². The largest absolute Gasteiger partial charge is 0.348 e. The maximum atomic E-state index is 12.5. The summed E-state index contributed by atoms with van der Waals surface area (Å²) in [5.41, 5.74) is 2.02. The van der Waals surface area contributed by atoms with Crippen molar-refractivity contribution in [2.24, 2.45) is 5.92 Å². The molecule has 3 rings (SSSR count). The van der Waals surface area contributed by atoms with Crippen LogP contribution in [0.5, 0.6) is 0 Å². The van der Waals surface area contributed by atoms with Crippen molar-refractivity contribution in [2.75, 3.05) is 13.1 Å². The summed E-state index contributed by atoms with van der Waals surface area (Å²) < 4.78 is 0. The smallest absolute Gasteiger partial charge is 0.225 e. The zero-order valence-corrected chi connectivity index (χ0v) is 14.4. The Bertz CT molecular complexity index is 718. The number of likely N-dealkylation sites (tertiary alicyclic amines) is 1. The number of hydrogen-bond acceptors (Lipinski definition) is 3. The summed E-state index contributed by atoms with van der Waals surface area (Å²) in [5, 5.41) is 2.97. The van der Waals surface area contributed by atoms with Gasteiger partial charge in [0.1, 0.15) is 0 Å². The van der Waals surface area contributed by atoms with Crippen LogP contribution in [0.1, 0.15) is 30.6 Å². The van der Waals surface area contributed by atoms with Crippen LogP contribution in [-0.2, 0) is 16.0 Å². The Morgan fingerprint density at radius 3 is 2.72 bits per heavy atom. The molecule has 0 aliphatic carbocycles. The minimum Gasteiger partial charge on any atom is -0.348 e. The number of pyridine rings is 1. The van der Waals surface area contributed by atoms with Crippen molar-refractivity contribution < 1.29 is 9.59 Å². The van der Waals surface area contributed by atoms with Crippen molar-refractivity contribution in [3.63, 3.8) is 0 Å². The molecule has 0 bridgehead atoms. The molecule has 0 unspecified atom stereocenters. The molecule has 1 aliphatic rings. The quantitative estimate of drug-likeness (QED) is 0.880. The molecule has 0 spiro atoms. The van der Waals surface area contributed by atoms with E-state index in [-0.39, 0.29) is 30.2 Å². The van der Waals surface area contributed by atoms with Gasteiger partial charge in [-0.3, -0.25) is 14.6 Å². The molecule has 1 fully saturated rings. The number of carbonyl (C=O) groups is 2. The van der Waals surface area contributed by atoms with E-state index in [1.165, 1.54) is 5.56 Å². The maximum absolute atomic E-state index is 12.5. The lowest BCUT2D eigenvalue weighted by Gasteiger charge is -2.18. The first-order chi connectivity index (χ1) is 12.1. The molecule has 25 heavy (non-hydrogen) atoms. The van der Waals surface area contributed by atoms with Crippen molar-refractivity contribution in [2.45, 2.75) is 25.8 Å². The van der Waals surface area contributed by atoms with Crippen molar-refractivity contribution in [3.05, 3.63) is 66.0 Å². The molecular weight excluding hydrogens is 314 g/mol. The fraction of sp³-hybridized carbons (Fsp3) is 0.350. The topological polar surface area (TPSA) is 62.3 Å². The average molecular weight is 337 g/mol. The molecule has 1 aliphatic heterocycles. The zero-order valence-electron chi connectivity index (χ0n) is 14.4. The normalized spacial score (nSPS) is 18.2. The van der Waals surface area contributed by atoms with Crippen LogP contribution in [0, 0.1) is 5.92 Å². The van der Waals surface area contributed by atoms with E-state index in [4.69, 9.17) is 0 Å². The van der Waals surface area contributed by atoms with Crippen molar-refractivity contribution in [3.8, 4) is 0 Å². The van der Waals surface area contributed by atoms with Crippen molar-refractivity contribution in [1.29, 1.82) is 0 Å². The van der Waals surface area contributed by atoms with Crippen LogP contribution in [-0.4, -0.2) is 34.8 Å². The lowest BCUT2D eigenvalue weighted by Crippen LogP contribution is -2.35. The number of rotatable bonds is 6. The van der Waals surface area contributed by atoms with Gasteiger partial charge in [-0.05, 0) is 31.0 Å². The number of nitrogens with one attached hydrogen (secondary N) is 1. The van der Waals surface area contributed by atoms with E-state index in [0.717, 1.165) is 12.1 Å². The second-order valence-corrected chi connectivity index (χ2v) is 6.46. The van der Waals surface area contributed by atoms with Gasteiger partial charge in [-0.2, -0.15) is 0 Å². The van der Waals surface area contributed by atoms with Crippen LogP contribution in [0.15, 0.2) is 54.7 Å². The summed E-state index contributed by atoms with van der Waals surface area (Å²) >= 11 is 0. The number of benzene rings is 1. The van der Waals surface area contributed by atoms with Crippen LogP contribution < -0.4 is 5.32 Å². The molecule has 1 saturated heterocycles. The number of nitrogens with zero attached hydrogens (tertiary/aromatic N) is 2. The minimum atomic E-state index is -0.283. The molecule has 5 heteroatoms. The van der Waals surface area contributed by atoms with Crippen molar-refractivity contribution >= 4 is 11.8 Å². The first kappa shape index (κ1) is 17.1. The van der Waals surface area contributed by atoms with Gasteiger partial charge in [0.25, 0.3) is 0 Å². The molecule has 2 amide bonds. The number of amides is 2.